The summed E-state index contributed by atoms with van der Waals surface area (Å²) in [6, 6.07) is 1.65. The maximum absolute atomic E-state index is 11.8. The maximum Gasteiger partial charge on any atom is 0.255 e. The van der Waals surface area contributed by atoms with Gasteiger partial charge in [0.15, 0.2) is 0 Å². The fraction of sp³-hybridized carbons (Fsp3) is 0.500. The number of nitrogens with zero attached hydrogens (tertiary/aromatic N) is 3. The largest absolute Gasteiger partial charge is 0.342 e. The van der Waals surface area contributed by atoms with E-state index in [0.717, 1.165) is 6.42 Å². The SMILES string of the molecule is CC(Cl)CCN(C)C(=O)c1ccnnc1. The first-order chi connectivity index (χ1) is 7.11. The van der Waals surface area contributed by atoms with E-state index in [2.05, 4.69) is 10.2 Å². The number of carbonyl (C=O) groups is 1. The molecule has 0 aliphatic rings. The first kappa shape index (κ1) is 11.9. The zero-order chi connectivity index (χ0) is 11.3. The van der Waals surface area contributed by atoms with Gasteiger partial charge in [0.2, 0.25) is 0 Å². The third-order valence-electron chi connectivity index (χ3n) is 2.04. The van der Waals surface area contributed by atoms with Crippen LogP contribution in [0.15, 0.2) is 18.5 Å². The highest BCUT2D eigenvalue weighted by molar-refractivity contribution is 6.20. The highest BCUT2D eigenvalue weighted by Gasteiger charge is 2.11. The van der Waals surface area contributed by atoms with E-state index in [0.29, 0.717) is 12.1 Å². The summed E-state index contributed by atoms with van der Waals surface area (Å²) < 4.78 is 0. The molecule has 4 nitrogen and oxygen atoms in total. The average molecular weight is 228 g/mol. The number of amides is 1. The Morgan fingerprint density at radius 1 is 1.60 bits per heavy atom. The number of carbonyl (C=O) groups excluding carboxylic acids is 1. The second-order valence-corrected chi connectivity index (χ2v) is 4.17. The molecule has 1 amide bonds. The summed E-state index contributed by atoms with van der Waals surface area (Å²) in [5.74, 6) is -0.0535. The fourth-order valence-corrected chi connectivity index (χ4v) is 1.21. The minimum Gasteiger partial charge on any atom is -0.342 e. The topological polar surface area (TPSA) is 46.1 Å². The van der Waals surface area contributed by atoms with Gasteiger partial charge >= 0.3 is 0 Å². The fourth-order valence-electron chi connectivity index (χ4n) is 1.11. The van der Waals surface area contributed by atoms with Crippen LogP contribution >= 0.6 is 11.6 Å². The number of alkyl halides is 1. The molecule has 15 heavy (non-hydrogen) atoms. The van der Waals surface area contributed by atoms with Crippen molar-refractivity contribution in [3.05, 3.63) is 24.0 Å². The van der Waals surface area contributed by atoms with Gasteiger partial charge in [-0.3, -0.25) is 4.79 Å². The summed E-state index contributed by atoms with van der Waals surface area (Å²) in [7, 11) is 1.75. The number of hydrogen-bond donors (Lipinski definition) is 0. The van der Waals surface area contributed by atoms with Gasteiger partial charge in [0.05, 0.1) is 18.0 Å². The second kappa shape index (κ2) is 5.66. The molecule has 1 aromatic heterocycles. The van der Waals surface area contributed by atoms with Gasteiger partial charge in [0.1, 0.15) is 0 Å². The van der Waals surface area contributed by atoms with Crippen molar-refractivity contribution in [2.75, 3.05) is 13.6 Å². The monoisotopic (exact) mass is 227 g/mol. The Balaban J connectivity index is 2.54. The normalized spacial score (nSPS) is 12.2. The molecule has 0 aliphatic carbocycles. The summed E-state index contributed by atoms with van der Waals surface area (Å²) in [6.07, 6.45) is 3.75. The highest BCUT2D eigenvalue weighted by Crippen LogP contribution is 2.04. The van der Waals surface area contributed by atoms with Crippen molar-refractivity contribution < 1.29 is 4.79 Å². The zero-order valence-electron chi connectivity index (χ0n) is 8.85. The van der Waals surface area contributed by atoms with Crippen molar-refractivity contribution in [2.45, 2.75) is 18.7 Å². The van der Waals surface area contributed by atoms with Crippen LogP contribution in [0.4, 0.5) is 0 Å². The lowest BCUT2D eigenvalue weighted by atomic mass is 10.2. The third-order valence-corrected chi connectivity index (χ3v) is 2.26. The summed E-state index contributed by atoms with van der Waals surface area (Å²) >= 11 is 5.81. The second-order valence-electron chi connectivity index (χ2n) is 3.43. The average Bonchev–Trinajstić information content (AvgIpc) is 2.26. The van der Waals surface area contributed by atoms with Crippen LogP contribution in [-0.4, -0.2) is 40.0 Å². The summed E-state index contributed by atoms with van der Waals surface area (Å²) in [5, 5.41) is 7.36. The molecule has 1 heterocycles. The molecule has 1 atom stereocenters. The molecule has 0 N–H and O–H groups in total. The number of rotatable bonds is 4. The van der Waals surface area contributed by atoms with Crippen LogP contribution in [-0.2, 0) is 0 Å². The highest BCUT2D eigenvalue weighted by atomic mass is 35.5. The molecule has 0 radical (unpaired) electrons. The predicted molar refractivity (Wildman–Crippen MR) is 58.9 cm³/mol. The minimum absolute atomic E-state index is 0.0535. The third kappa shape index (κ3) is 3.83. The molecule has 5 heteroatoms. The Bertz CT molecular complexity index is 316. The molecule has 0 spiro atoms. The summed E-state index contributed by atoms with van der Waals surface area (Å²) in [5.41, 5.74) is 0.551. The van der Waals surface area contributed by atoms with Gasteiger partial charge in [-0.25, -0.2) is 0 Å². The first-order valence-electron chi connectivity index (χ1n) is 4.77. The van der Waals surface area contributed by atoms with Gasteiger partial charge in [-0.1, -0.05) is 0 Å². The van der Waals surface area contributed by atoms with Gasteiger partial charge in [0.25, 0.3) is 5.91 Å². The Morgan fingerprint density at radius 3 is 2.87 bits per heavy atom. The Labute approximate surface area is 94.3 Å². The Kier molecular flexibility index (Phi) is 4.49. The van der Waals surface area contributed by atoms with E-state index in [1.54, 1.807) is 18.0 Å². The predicted octanol–water partition coefficient (Wildman–Crippen LogP) is 1.57. The smallest absolute Gasteiger partial charge is 0.255 e. The molecule has 0 saturated heterocycles. The quantitative estimate of drug-likeness (QED) is 0.734. The molecule has 0 aromatic carbocycles. The minimum atomic E-state index is -0.0535. The van der Waals surface area contributed by atoms with E-state index in [4.69, 9.17) is 11.6 Å². The molecule has 1 unspecified atom stereocenters. The van der Waals surface area contributed by atoms with Crippen LogP contribution in [0.1, 0.15) is 23.7 Å². The molecule has 0 saturated carbocycles. The molecule has 1 rings (SSSR count). The van der Waals surface area contributed by atoms with Crippen LogP contribution in [0.5, 0.6) is 0 Å². The van der Waals surface area contributed by atoms with Crippen molar-refractivity contribution in [3.8, 4) is 0 Å². The first-order valence-corrected chi connectivity index (χ1v) is 5.21. The Hall–Kier alpha value is -1.16. The van der Waals surface area contributed by atoms with Crippen LogP contribution in [0.25, 0.3) is 0 Å². The summed E-state index contributed by atoms with van der Waals surface area (Å²) in [6.45, 7) is 2.56. The van der Waals surface area contributed by atoms with Gasteiger partial charge < -0.3 is 4.90 Å². The van der Waals surface area contributed by atoms with E-state index in [1.165, 1.54) is 12.4 Å². The number of aromatic nitrogens is 2. The number of hydrogen-bond acceptors (Lipinski definition) is 3. The molecule has 0 aliphatic heterocycles. The van der Waals surface area contributed by atoms with E-state index in [-0.39, 0.29) is 11.3 Å². The molecular weight excluding hydrogens is 214 g/mol. The van der Waals surface area contributed by atoms with Crippen LogP contribution in [0.2, 0.25) is 0 Å². The molecule has 0 bridgehead atoms. The van der Waals surface area contributed by atoms with Gasteiger partial charge in [-0.05, 0) is 19.4 Å². The summed E-state index contributed by atoms with van der Waals surface area (Å²) in [4.78, 5) is 13.4. The van der Waals surface area contributed by atoms with Gasteiger partial charge in [0, 0.05) is 19.0 Å². The van der Waals surface area contributed by atoms with Gasteiger partial charge in [-0.2, -0.15) is 10.2 Å². The molecule has 1 aromatic rings. The molecule has 82 valence electrons. The molecule has 0 fully saturated rings. The standard InChI is InChI=1S/C10H14ClN3O/c1-8(11)4-6-14(2)10(15)9-3-5-12-13-7-9/h3,5,7-8H,4,6H2,1-2H3. The van der Waals surface area contributed by atoms with Crippen LogP contribution in [0.3, 0.4) is 0 Å². The van der Waals surface area contributed by atoms with Crippen molar-refractivity contribution in [3.63, 3.8) is 0 Å². The van der Waals surface area contributed by atoms with Crippen molar-refractivity contribution in [2.24, 2.45) is 0 Å². The zero-order valence-corrected chi connectivity index (χ0v) is 9.61. The Morgan fingerprint density at radius 2 is 2.33 bits per heavy atom. The van der Waals surface area contributed by atoms with Crippen LogP contribution in [0, 0.1) is 0 Å². The van der Waals surface area contributed by atoms with Crippen LogP contribution < -0.4 is 0 Å². The lowest BCUT2D eigenvalue weighted by Crippen LogP contribution is -2.28. The molecular formula is C10H14ClN3O. The number of halogens is 1. The van der Waals surface area contributed by atoms with E-state index in [9.17, 15) is 4.79 Å². The lowest BCUT2D eigenvalue weighted by Gasteiger charge is -2.17. The van der Waals surface area contributed by atoms with Crippen molar-refractivity contribution in [1.82, 2.24) is 15.1 Å². The lowest BCUT2D eigenvalue weighted by molar-refractivity contribution is 0.0793. The maximum atomic E-state index is 11.8. The van der Waals surface area contributed by atoms with Gasteiger partial charge in [-0.15, -0.1) is 11.6 Å². The van der Waals surface area contributed by atoms with Crippen molar-refractivity contribution >= 4 is 17.5 Å². The van der Waals surface area contributed by atoms with E-state index < -0.39 is 0 Å². The van der Waals surface area contributed by atoms with Crippen molar-refractivity contribution in [1.29, 1.82) is 0 Å². The van der Waals surface area contributed by atoms with E-state index >= 15 is 0 Å². The van der Waals surface area contributed by atoms with E-state index in [1.807, 2.05) is 6.92 Å².